The van der Waals surface area contributed by atoms with Crippen LogP contribution in [-0.2, 0) is 4.79 Å². The maximum absolute atomic E-state index is 11.9. The Bertz CT molecular complexity index is 245. The SMILES string of the molecule is O=C1CCCCC23CCCC12C3. The van der Waals surface area contributed by atoms with Gasteiger partial charge in [-0.15, -0.1) is 0 Å². The van der Waals surface area contributed by atoms with Crippen molar-refractivity contribution in [3.8, 4) is 0 Å². The summed E-state index contributed by atoms with van der Waals surface area (Å²) >= 11 is 0. The van der Waals surface area contributed by atoms with Gasteiger partial charge in [0.15, 0.2) is 0 Å². The third-order valence-corrected chi connectivity index (χ3v) is 4.63. The van der Waals surface area contributed by atoms with E-state index >= 15 is 0 Å². The lowest BCUT2D eigenvalue weighted by atomic mass is 9.91. The maximum atomic E-state index is 11.9. The normalized spacial score (nSPS) is 51.2. The second-order valence-electron chi connectivity index (χ2n) is 5.02. The summed E-state index contributed by atoms with van der Waals surface area (Å²) in [6, 6.07) is 0. The first-order valence-electron chi connectivity index (χ1n) is 5.33. The fourth-order valence-electron chi connectivity index (χ4n) is 3.92. The molecule has 12 heavy (non-hydrogen) atoms. The van der Waals surface area contributed by atoms with Gasteiger partial charge in [-0.3, -0.25) is 4.79 Å². The van der Waals surface area contributed by atoms with Crippen LogP contribution in [-0.4, -0.2) is 5.78 Å². The summed E-state index contributed by atoms with van der Waals surface area (Å²) in [6.07, 6.45) is 9.91. The molecule has 0 radical (unpaired) electrons. The summed E-state index contributed by atoms with van der Waals surface area (Å²) in [4.78, 5) is 11.9. The van der Waals surface area contributed by atoms with Crippen molar-refractivity contribution in [3.63, 3.8) is 0 Å². The Balaban J connectivity index is 1.99. The Kier molecular flexibility index (Phi) is 1.15. The average molecular weight is 164 g/mol. The van der Waals surface area contributed by atoms with Crippen LogP contribution in [0.3, 0.4) is 0 Å². The van der Waals surface area contributed by atoms with Crippen molar-refractivity contribution < 1.29 is 4.79 Å². The van der Waals surface area contributed by atoms with Crippen LogP contribution in [0.4, 0.5) is 0 Å². The van der Waals surface area contributed by atoms with Crippen LogP contribution in [0, 0.1) is 10.8 Å². The van der Waals surface area contributed by atoms with Gasteiger partial charge < -0.3 is 0 Å². The lowest BCUT2D eigenvalue weighted by Gasteiger charge is -2.12. The van der Waals surface area contributed by atoms with Crippen LogP contribution < -0.4 is 0 Å². The maximum Gasteiger partial charge on any atom is 0.139 e. The van der Waals surface area contributed by atoms with Gasteiger partial charge in [0, 0.05) is 11.8 Å². The van der Waals surface area contributed by atoms with E-state index in [1.165, 1.54) is 44.9 Å². The zero-order chi connectivity index (χ0) is 8.23. The Labute approximate surface area is 73.5 Å². The van der Waals surface area contributed by atoms with E-state index < -0.39 is 0 Å². The van der Waals surface area contributed by atoms with Crippen molar-refractivity contribution in [2.75, 3.05) is 0 Å². The topological polar surface area (TPSA) is 17.1 Å². The van der Waals surface area contributed by atoms with E-state index in [9.17, 15) is 4.79 Å². The van der Waals surface area contributed by atoms with Crippen LogP contribution in [0.1, 0.15) is 51.4 Å². The van der Waals surface area contributed by atoms with Crippen LogP contribution in [0.25, 0.3) is 0 Å². The van der Waals surface area contributed by atoms with Crippen LogP contribution >= 0.6 is 0 Å². The third-order valence-electron chi connectivity index (χ3n) is 4.63. The van der Waals surface area contributed by atoms with Gasteiger partial charge in [0.05, 0.1) is 0 Å². The van der Waals surface area contributed by atoms with Crippen molar-refractivity contribution in [2.24, 2.45) is 10.8 Å². The second kappa shape index (κ2) is 1.94. The molecule has 2 unspecified atom stereocenters. The largest absolute Gasteiger partial charge is 0.299 e. The molecule has 3 aliphatic carbocycles. The first-order chi connectivity index (χ1) is 5.79. The minimum Gasteiger partial charge on any atom is -0.299 e. The Morgan fingerprint density at radius 1 is 1.00 bits per heavy atom. The molecule has 0 aromatic rings. The number of rotatable bonds is 0. The van der Waals surface area contributed by atoms with Gasteiger partial charge in [0.2, 0.25) is 0 Å². The monoisotopic (exact) mass is 164 g/mol. The Hall–Kier alpha value is -0.330. The van der Waals surface area contributed by atoms with Crippen molar-refractivity contribution in [1.82, 2.24) is 0 Å². The minimum atomic E-state index is 0.240. The van der Waals surface area contributed by atoms with Gasteiger partial charge in [-0.25, -0.2) is 0 Å². The number of ketones is 1. The van der Waals surface area contributed by atoms with E-state index in [-0.39, 0.29) is 5.41 Å². The smallest absolute Gasteiger partial charge is 0.139 e. The molecule has 0 N–H and O–H groups in total. The minimum absolute atomic E-state index is 0.240. The second-order valence-corrected chi connectivity index (χ2v) is 5.02. The number of Topliss-reactive ketones (excluding diaryl/α,β-unsaturated/α-hetero) is 1. The molecule has 0 bridgehead atoms. The molecule has 3 aliphatic rings. The molecule has 3 rings (SSSR count). The summed E-state index contributed by atoms with van der Waals surface area (Å²) in [5.41, 5.74) is 0.782. The molecule has 0 aromatic heterocycles. The van der Waals surface area contributed by atoms with Crippen LogP contribution in [0.2, 0.25) is 0 Å². The summed E-state index contributed by atoms with van der Waals surface area (Å²) in [5.74, 6) is 0.623. The highest BCUT2D eigenvalue weighted by Gasteiger charge is 2.72. The highest BCUT2D eigenvalue weighted by atomic mass is 16.1. The number of hydrogen-bond acceptors (Lipinski definition) is 1. The van der Waals surface area contributed by atoms with Crippen molar-refractivity contribution in [3.05, 3.63) is 0 Å². The van der Waals surface area contributed by atoms with Gasteiger partial charge in [-0.05, 0) is 37.5 Å². The molecule has 0 aliphatic heterocycles. The van der Waals surface area contributed by atoms with Gasteiger partial charge in [0.25, 0.3) is 0 Å². The molecule has 0 heterocycles. The average Bonchev–Trinajstić information content (AvgIpc) is 2.60. The van der Waals surface area contributed by atoms with Crippen molar-refractivity contribution in [2.45, 2.75) is 51.4 Å². The predicted molar refractivity (Wildman–Crippen MR) is 46.8 cm³/mol. The van der Waals surface area contributed by atoms with Gasteiger partial charge >= 0.3 is 0 Å². The number of hydrogen-bond donors (Lipinski definition) is 0. The number of carbonyl (C=O) groups excluding carboxylic acids is 1. The molecular weight excluding hydrogens is 148 g/mol. The Morgan fingerprint density at radius 3 is 2.75 bits per heavy atom. The highest BCUT2D eigenvalue weighted by molar-refractivity contribution is 5.89. The zero-order valence-corrected chi connectivity index (χ0v) is 7.57. The van der Waals surface area contributed by atoms with E-state index in [4.69, 9.17) is 0 Å². The molecule has 0 spiro atoms. The van der Waals surface area contributed by atoms with E-state index in [0.717, 1.165) is 6.42 Å². The van der Waals surface area contributed by atoms with Crippen LogP contribution in [0.5, 0.6) is 0 Å². The van der Waals surface area contributed by atoms with E-state index in [1.807, 2.05) is 0 Å². The predicted octanol–water partition coefficient (Wildman–Crippen LogP) is 2.69. The van der Waals surface area contributed by atoms with Crippen molar-refractivity contribution in [1.29, 1.82) is 0 Å². The summed E-state index contributed by atoms with van der Waals surface area (Å²) in [6.45, 7) is 0. The molecule has 3 fully saturated rings. The fourth-order valence-corrected chi connectivity index (χ4v) is 3.92. The van der Waals surface area contributed by atoms with E-state index in [0.29, 0.717) is 11.2 Å². The fraction of sp³-hybridized carbons (Fsp3) is 0.909. The first-order valence-corrected chi connectivity index (χ1v) is 5.33. The molecule has 0 amide bonds. The third kappa shape index (κ3) is 0.605. The molecule has 0 aromatic carbocycles. The lowest BCUT2D eigenvalue weighted by Crippen LogP contribution is -2.16. The lowest BCUT2D eigenvalue weighted by molar-refractivity contribution is -0.124. The van der Waals surface area contributed by atoms with E-state index in [2.05, 4.69) is 0 Å². The first kappa shape index (κ1) is 7.11. The van der Waals surface area contributed by atoms with Gasteiger partial charge in [-0.2, -0.15) is 0 Å². The van der Waals surface area contributed by atoms with E-state index in [1.54, 1.807) is 0 Å². The summed E-state index contributed by atoms with van der Waals surface area (Å²) in [5, 5.41) is 0. The van der Waals surface area contributed by atoms with Gasteiger partial charge in [-0.1, -0.05) is 12.8 Å². The van der Waals surface area contributed by atoms with Crippen LogP contribution in [0.15, 0.2) is 0 Å². The summed E-state index contributed by atoms with van der Waals surface area (Å²) in [7, 11) is 0. The van der Waals surface area contributed by atoms with Gasteiger partial charge in [0.1, 0.15) is 5.78 Å². The molecule has 1 nitrogen and oxygen atoms in total. The molecule has 66 valence electrons. The quantitative estimate of drug-likeness (QED) is 0.538. The molecule has 0 saturated heterocycles. The standard InChI is InChI=1S/C11H16O/c12-9-4-1-2-5-10-6-3-7-11(9,10)8-10/h1-8H2. The Morgan fingerprint density at radius 2 is 1.83 bits per heavy atom. The molecular formula is C11H16O. The zero-order valence-electron chi connectivity index (χ0n) is 7.57. The highest BCUT2D eigenvalue weighted by Crippen LogP contribution is 2.77. The number of carbonyl (C=O) groups is 1. The molecule has 1 heteroatoms. The summed E-state index contributed by atoms with van der Waals surface area (Å²) < 4.78 is 0. The van der Waals surface area contributed by atoms with Crippen molar-refractivity contribution >= 4 is 5.78 Å². The molecule has 3 saturated carbocycles. The molecule has 2 atom stereocenters.